The summed E-state index contributed by atoms with van der Waals surface area (Å²) in [7, 11) is -3.37. The Bertz CT molecular complexity index is 522. The Morgan fingerprint density at radius 2 is 1.81 bits per heavy atom. The predicted octanol–water partition coefficient (Wildman–Crippen LogP) is 1.85. The lowest BCUT2D eigenvalue weighted by atomic mass is 10.3. The highest BCUT2D eigenvalue weighted by molar-refractivity contribution is 7.89. The molecule has 6 heteroatoms. The van der Waals surface area contributed by atoms with Crippen molar-refractivity contribution in [2.45, 2.75) is 31.1 Å². The second-order valence-electron chi connectivity index (χ2n) is 5.18. The Labute approximate surface area is 127 Å². The number of unbranched alkanes of at least 4 members (excludes halogenated alkanes) is 2. The molecule has 1 aliphatic heterocycles. The molecular weight excluding hydrogens is 288 g/mol. The summed E-state index contributed by atoms with van der Waals surface area (Å²) in [6.45, 7) is 5.29. The molecule has 0 unspecified atom stereocenters. The third-order valence-corrected chi connectivity index (χ3v) is 5.47. The smallest absolute Gasteiger partial charge is 0.243 e. The van der Waals surface area contributed by atoms with Crippen molar-refractivity contribution in [1.29, 1.82) is 0 Å². The number of piperazine rings is 1. The van der Waals surface area contributed by atoms with Crippen molar-refractivity contribution in [3.8, 4) is 5.75 Å². The zero-order valence-corrected chi connectivity index (χ0v) is 13.4. The van der Waals surface area contributed by atoms with Gasteiger partial charge in [-0.25, -0.2) is 8.42 Å². The minimum atomic E-state index is -3.37. The normalized spacial score (nSPS) is 16.8. The van der Waals surface area contributed by atoms with Gasteiger partial charge in [0, 0.05) is 26.2 Å². The molecule has 21 heavy (non-hydrogen) atoms. The third kappa shape index (κ3) is 4.43. The van der Waals surface area contributed by atoms with Crippen LogP contribution in [0.3, 0.4) is 0 Å². The highest BCUT2D eigenvalue weighted by Gasteiger charge is 2.25. The zero-order chi connectivity index (χ0) is 15.1. The largest absolute Gasteiger partial charge is 0.494 e. The molecule has 0 spiro atoms. The summed E-state index contributed by atoms with van der Waals surface area (Å²) in [4.78, 5) is 0.338. The number of benzene rings is 1. The summed E-state index contributed by atoms with van der Waals surface area (Å²) < 4.78 is 32.0. The van der Waals surface area contributed by atoms with E-state index in [0.29, 0.717) is 37.7 Å². The molecule has 1 fully saturated rings. The lowest BCUT2D eigenvalue weighted by Crippen LogP contribution is -2.46. The molecule has 1 heterocycles. The third-order valence-electron chi connectivity index (χ3n) is 3.55. The molecule has 1 aromatic carbocycles. The van der Waals surface area contributed by atoms with Gasteiger partial charge in [0.1, 0.15) is 5.75 Å². The highest BCUT2D eigenvalue weighted by Crippen LogP contribution is 2.20. The molecule has 0 aliphatic carbocycles. The second kappa shape index (κ2) is 7.77. The number of rotatable bonds is 7. The average Bonchev–Trinajstić information content (AvgIpc) is 2.53. The van der Waals surface area contributed by atoms with Gasteiger partial charge in [0.15, 0.2) is 0 Å². The molecule has 118 valence electrons. The van der Waals surface area contributed by atoms with Crippen molar-refractivity contribution in [2.24, 2.45) is 0 Å². The monoisotopic (exact) mass is 312 g/mol. The first-order chi connectivity index (χ1) is 10.1. The van der Waals surface area contributed by atoms with E-state index in [4.69, 9.17) is 4.74 Å². The van der Waals surface area contributed by atoms with E-state index in [2.05, 4.69) is 12.2 Å². The molecule has 1 saturated heterocycles. The van der Waals surface area contributed by atoms with E-state index in [1.54, 1.807) is 24.3 Å². The van der Waals surface area contributed by atoms with Gasteiger partial charge in [-0.3, -0.25) is 0 Å². The van der Waals surface area contributed by atoms with Crippen LogP contribution in [0, 0.1) is 0 Å². The van der Waals surface area contributed by atoms with Crippen LogP contribution in [0.25, 0.3) is 0 Å². The van der Waals surface area contributed by atoms with Crippen molar-refractivity contribution in [1.82, 2.24) is 9.62 Å². The molecule has 5 nitrogen and oxygen atoms in total. The summed E-state index contributed by atoms with van der Waals surface area (Å²) in [6, 6.07) is 6.74. The van der Waals surface area contributed by atoms with Crippen LogP contribution in [-0.4, -0.2) is 45.5 Å². The van der Waals surface area contributed by atoms with E-state index in [9.17, 15) is 8.42 Å². The molecule has 0 atom stereocenters. The van der Waals surface area contributed by atoms with Crippen molar-refractivity contribution >= 4 is 10.0 Å². The lowest BCUT2D eigenvalue weighted by molar-refractivity contribution is 0.306. The first kappa shape index (κ1) is 16.3. The van der Waals surface area contributed by atoms with E-state index < -0.39 is 10.0 Å². The van der Waals surface area contributed by atoms with Crippen LogP contribution in [0.5, 0.6) is 5.75 Å². The van der Waals surface area contributed by atoms with Crippen LogP contribution < -0.4 is 10.1 Å². The van der Waals surface area contributed by atoms with Crippen LogP contribution in [-0.2, 0) is 10.0 Å². The van der Waals surface area contributed by atoms with Gasteiger partial charge < -0.3 is 10.1 Å². The molecule has 0 aromatic heterocycles. The molecule has 0 bridgehead atoms. The van der Waals surface area contributed by atoms with Crippen molar-refractivity contribution in [2.75, 3.05) is 32.8 Å². The van der Waals surface area contributed by atoms with Crippen LogP contribution in [0.2, 0.25) is 0 Å². The maximum atomic E-state index is 12.5. The predicted molar refractivity (Wildman–Crippen MR) is 83.1 cm³/mol. The van der Waals surface area contributed by atoms with Crippen LogP contribution in [0.4, 0.5) is 0 Å². The molecule has 1 aromatic rings. The molecule has 1 N–H and O–H groups in total. The summed E-state index contributed by atoms with van der Waals surface area (Å²) in [5.41, 5.74) is 0. The number of hydrogen-bond donors (Lipinski definition) is 1. The SMILES string of the molecule is CCCCCOc1ccc(S(=O)(=O)N2CCNCC2)cc1. The Hall–Kier alpha value is -1.11. The van der Waals surface area contributed by atoms with Gasteiger partial charge in [0.25, 0.3) is 0 Å². The Morgan fingerprint density at radius 1 is 1.14 bits per heavy atom. The number of ether oxygens (including phenoxy) is 1. The number of hydrogen-bond acceptors (Lipinski definition) is 4. The minimum Gasteiger partial charge on any atom is -0.494 e. The molecule has 0 radical (unpaired) electrons. The number of nitrogens with one attached hydrogen (secondary N) is 1. The lowest BCUT2D eigenvalue weighted by Gasteiger charge is -2.26. The Kier molecular flexibility index (Phi) is 6.02. The minimum absolute atomic E-state index is 0.338. The average molecular weight is 312 g/mol. The van der Waals surface area contributed by atoms with Crippen molar-refractivity contribution in [3.63, 3.8) is 0 Å². The van der Waals surface area contributed by atoms with Gasteiger partial charge in [-0.2, -0.15) is 4.31 Å². The maximum absolute atomic E-state index is 12.5. The van der Waals surface area contributed by atoms with Gasteiger partial charge in [0.05, 0.1) is 11.5 Å². The quantitative estimate of drug-likeness (QED) is 0.781. The fourth-order valence-corrected chi connectivity index (χ4v) is 3.73. The van der Waals surface area contributed by atoms with E-state index in [0.717, 1.165) is 25.0 Å². The molecule has 1 aliphatic rings. The van der Waals surface area contributed by atoms with Crippen molar-refractivity contribution < 1.29 is 13.2 Å². The van der Waals surface area contributed by atoms with Crippen LogP contribution in [0.15, 0.2) is 29.2 Å². The number of nitrogens with zero attached hydrogens (tertiary/aromatic N) is 1. The van der Waals surface area contributed by atoms with Gasteiger partial charge >= 0.3 is 0 Å². The van der Waals surface area contributed by atoms with Gasteiger partial charge in [0.2, 0.25) is 10.0 Å². The van der Waals surface area contributed by atoms with Gasteiger partial charge in [-0.05, 0) is 30.7 Å². The molecular formula is C15H24N2O3S. The topological polar surface area (TPSA) is 58.6 Å². The number of sulfonamides is 1. The highest BCUT2D eigenvalue weighted by atomic mass is 32.2. The maximum Gasteiger partial charge on any atom is 0.243 e. The van der Waals surface area contributed by atoms with Crippen LogP contribution >= 0.6 is 0 Å². The van der Waals surface area contributed by atoms with E-state index >= 15 is 0 Å². The standard InChI is InChI=1S/C15H24N2O3S/c1-2-3-4-13-20-14-5-7-15(8-6-14)21(18,19)17-11-9-16-10-12-17/h5-8,16H,2-4,9-13H2,1H3. The van der Waals surface area contributed by atoms with Gasteiger partial charge in [-0.15, -0.1) is 0 Å². The fourth-order valence-electron chi connectivity index (χ4n) is 2.28. The van der Waals surface area contributed by atoms with E-state index in [1.807, 2.05) is 0 Å². The summed E-state index contributed by atoms with van der Waals surface area (Å²) in [5.74, 6) is 0.727. The van der Waals surface area contributed by atoms with Crippen molar-refractivity contribution in [3.05, 3.63) is 24.3 Å². The van der Waals surface area contributed by atoms with E-state index in [1.165, 1.54) is 4.31 Å². The second-order valence-corrected chi connectivity index (χ2v) is 7.12. The summed E-state index contributed by atoms with van der Waals surface area (Å²) in [6.07, 6.45) is 3.33. The first-order valence-corrected chi connectivity index (χ1v) is 9.02. The fraction of sp³-hybridized carbons (Fsp3) is 0.600. The summed E-state index contributed by atoms with van der Waals surface area (Å²) >= 11 is 0. The van der Waals surface area contributed by atoms with Gasteiger partial charge in [-0.1, -0.05) is 19.8 Å². The van der Waals surface area contributed by atoms with Crippen LogP contribution in [0.1, 0.15) is 26.2 Å². The summed E-state index contributed by atoms with van der Waals surface area (Å²) in [5, 5.41) is 3.15. The molecule has 0 amide bonds. The van der Waals surface area contributed by atoms with E-state index in [-0.39, 0.29) is 0 Å². The zero-order valence-electron chi connectivity index (χ0n) is 12.5. The molecule has 2 rings (SSSR count). The molecule has 0 saturated carbocycles. The first-order valence-electron chi connectivity index (χ1n) is 7.58. The Balaban J connectivity index is 1.97. The Morgan fingerprint density at radius 3 is 2.43 bits per heavy atom.